The van der Waals surface area contributed by atoms with Crippen LogP contribution in [-0.2, 0) is 38.1 Å². The van der Waals surface area contributed by atoms with Gasteiger partial charge in [-0.05, 0) is 173 Å². The minimum absolute atomic E-state index is 0.0348. The van der Waals surface area contributed by atoms with Crippen molar-refractivity contribution in [3.05, 3.63) is 11.6 Å². The van der Waals surface area contributed by atoms with Crippen molar-refractivity contribution in [2.75, 3.05) is 46.1 Å². The molecule has 8 aliphatic carbocycles. The zero-order valence-electron chi connectivity index (χ0n) is 41.0. The van der Waals surface area contributed by atoms with E-state index in [9.17, 15) is 19.2 Å². The molecule has 0 amide bonds. The van der Waals surface area contributed by atoms with Gasteiger partial charge in [-0.15, -0.1) is 0 Å². The predicted octanol–water partition coefficient (Wildman–Crippen LogP) is 11.7. The Morgan fingerprint density at radius 3 is 2.11 bits per heavy atom. The van der Waals surface area contributed by atoms with Crippen LogP contribution in [0.2, 0.25) is 0 Å². The molecule has 7 fully saturated rings. The lowest BCUT2D eigenvalue weighted by atomic mass is 9.47. The van der Waals surface area contributed by atoms with Crippen molar-refractivity contribution in [3.8, 4) is 0 Å². The number of carbonyl (C=O) groups is 4. The summed E-state index contributed by atoms with van der Waals surface area (Å²) in [5.74, 6) is 4.48. The zero-order chi connectivity index (χ0) is 45.5. The molecule has 4 bridgehead atoms. The van der Waals surface area contributed by atoms with Gasteiger partial charge >= 0.3 is 24.1 Å². The Morgan fingerprint density at radius 2 is 1.42 bits per heavy atom. The van der Waals surface area contributed by atoms with Crippen LogP contribution in [-0.4, -0.2) is 81.1 Å². The summed E-state index contributed by atoms with van der Waals surface area (Å²) in [6, 6.07) is 0. The lowest BCUT2D eigenvalue weighted by Crippen LogP contribution is -2.50. The number of allylic oxidation sites excluding steroid dienone is 1. The number of hydrogen-bond acceptors (Lipinski definition) is 10. The Bertz CT molecular complexity index is 1590. The van der Waals surface area contributed by atoms with Crippen molar-refractivity contribution in [1.82, 2.24) is 4.90 Å². The van der Waals surface area contributed by atoms with E-state index < -0.39 is 18.0 Å². The normalized spacial score (nSPS) is 35.2. The summed E-state index contributed by atoms with van der Waals surface area (Å²) < 4.78 is 28.2. The van der Waals surface area contributed by atoms with E-state index in [0.29, 0.717) is 24.2 Å². The molecule has 0 aliphatic heterocycles. The number of ether oxygens (including phenoxy) is 5. The number of unbranched alkanes of at least 4 members (excludes halogenated alkanes) is 1. The third-order valence-electron chi connectivity index (χ3n) is 18.5. The molecule has 0 aromatic rings. The topological polar surface area (TPSA) is 118 Å². The van der Waals surface area contributed by atoms with Gasteiger partial charge in [-0.3, -0.25) is 14.4 Å². The van der Waals surface area contributed by atoms with Crippen LogP contribution in [0.5, 0.6) is 0 Å². The molecule has 0 radical (unpaired) electrons. The number of rotatable bonds is 23. The summed E-state index contributed by atoms with van der Waals surface area (Å²) in [6.07, 6.45) is 24.6. The van der Waals surface area contributed by atoms with E-state index in [4.69, 9.17) is 23.7 Å². The van der Waals surface area contributed by atoms with Crippen molar-refractivity contribution < 1.29 is 42.9 Å². The predicted molar refractivity (Wildman–Crippen MR) is 248 cm³/mol. The maximum atomic E-state index is 13.3. The molecule has 8 aliphatic rings. The molecule has 10 nitrogen and oxygen atoms in total. The second kappa shape index (κ2) is 22.0. The highest BCUT2D eigenvalue weighted by Gasteiger charge is 2.58. The highest BCUT2D eigenvalue weighted by Crippen LogP contribution is 2.67. The summed E-state index contributed by atoms with van der Waals surface area (Å²) in [4.78, 5) is 54.2. The van der Waals surface area contributed by atoms with Gasteiger partial charge in [0.05, 0.1) is 31.8 Å². The Hall–Kier alpha value is -2.62. The van der Waals surface area contributed by atoms with Gasteiger partial charge in [-0.25, -0.2) is 4.79 Å². The number of nitrogens with zero attached hydrogens (tertiary/aromatic N) is 1. The molecule has 0 aromatic heterocycles. The first-order chi connectivity index (χ1) is 30.7. The van der Waals surface area contributed by atoms with Crippen molar-refractivity contribution in [3.63, 3.8) is 0 Å². The largest absolute Gasteiger partial charge is 0.508 e. The average Bonchev–Trinajstić information content (AvgIpc) is 3.59. The average molecular weight is 894 g/mol. The van der Waals surface area contributed by atoms with Crippen LogP contribution in [0, 0.1) is 69.5 Å². The maximum Gasteiger partial charge on any atom is 0.508 e. The Kier molecular flexibility index (Phi) is 16.9. The Labute approximate surface area is 386 Å². The first kappa shape index (κ1) is 49.3. The summed E-state index contributed by atoms with van der Waals surface area (Å²) in [5, 5.41) is 0. The van der Waals surface area contributed by atoms with Crippen LogP contribution < -0.4 is 0 Å². The molecule has 0 spiro atoms. The molecule has 64 heavy (non-hydrogen) atoms. The van der Waals surface area contributed by atoms with Crippen molar-refractivity contribution in [2.45, 2.75) is 189 Å². The highest BCUT2D eigenvalue weighted by molar-refractivity contribution is 5.77. The van der Waals surface area contributed by atoms with E-state index in [1.165, 1.54) is 76.2 Å². The van der Waals surface area contributed by atoms with E-state index in [2.05, 4.69) is 52.5 Å². The molecular weight excluding hydrogens is 807 g/mol. The van der Waals surface area contributed by atoms with Crippen LogP contribution in [0.1, 0.15) is 183 Å². The smallest absolute Gasteiger partial charge is 0.465 e. The second-order valence-corrected chi connectivity index (χ2v) is 23.2. The molecule has 10 heteroatoms. The number of fused-ring (bicyclic) bond motifs is 5. The number of hydrogen-bond donors (Lipinski definition) is 0. The monoisotopic (exact) mass is 894 g/mol. The fourth-order valence-corrected chi connectivity index (χ4v) is 15.4. The molecule has 0 heterocycles. The van der Waals surface area contributed by atoms with Crippen LogP contribution in [0.4, 0.5) is 4.79 Å². The van der Waals surface area contributed by atoms with Crippen molar-refractivity contribution in [1.29, 1.82) is 0 Å². The molecule has 8 unspecified atom stereocenters. The summed E-state index contributed by atoms with van der Waals surface area (Å²) >= 11 is 0. The third kappa shape index (κ3) is 12.1. The van der Waals surface area contributed by atoms with Gasteiger partial charge in [0, 0.05) is 13.0 Å². The molecule has 362 valence electrons. The third-order valence-corrected chi connectivity index (χ3v) is 18.5. The van der Waals surface area contributed by atoms with Crippen LogP contribution in [0.25, 0.3) is 0 Å². The van der Waals surface area contributed by atoms with Gasteiger partial charge in [0.2, 0.25) is 0 Å². The van der Waals surface area contributed by atoms with Crippen LogP contribution in [0.15, 0.2) is 11.6 Å². The SMILES string of the molecule is CCN(CC)CCCOC(=O)OCC(COC(=O)CCC(=O)OC1CCC2(C)C(=CCC3C2CCC2(C)C(CCCCC(C)C)CCC32)C1)COC(=O)CC12CC3CC(CC(C3)C1)C2. The molecule has 7 saturated carbocycles. The first-order valence-corrected chi connectivity index (χ1v) is 26.4. The van der Waals surface area contributed by atoms with Crippen molar-refractivity contribution >= 4 is 24.1 Å². The van der Waals surface area contributed by atoms with E-state index in [1.807, 2.05) is 0 Å². The van der Waals surface area contributed by atoms with E-state index in [0.717, 1.165) is 106 Å². The molecule has 0 N–H and O–H groups in total. The summed E-state index contributed by atoms with van der Waals surface area (Å²) in [5.41, 5.74) is 2.20. The first-order valence-electron chi connectivity index (χ1n) is 26.4. The highest BCUT2D eigenvalue weighted by atomic mass is 16.7. The van der Waals surface area contributed by atoms with E-state index in [1.54, 1.807) is 0 Å². The summed E-state index contributed by atoms with van der Waals surface area (Å²) in [7, 11) is 0. The Balaban J connectivity index is 0.845. The van der Waals surface area contributed by atoms with Gasteiger partial charge in [0.25, 0.3) is 0 Å². The zero-order valence-corrected chi connectivity index (χ0v) is 41.0. The standard InChI is InChI=1S/C54H87NO9/c1-7-55(8-2)24-11-25-60-51(59)63-36-41(35-62-50(58)33-54-30-38-26-39(31-54)28-40(27-38)32-54)34-61-48(56)18-19-49(57)64-44-20-22-53(6)43(29-44)14-16-45-46-17-15-42(13-10-9-12-37(3)4)52(46,5)23-21-47(45)53/h14,37-42,44-47H,7-13,15-36H2,1-6H3. The van der Waals surface area contributed by atoms with E-state index in [-0.39, 0.29) is 68.1 Å². The molecule has 0 saturated heterocycles. The minimum Gasteiger partial charge on any atom is -0.465 e. The fraction of sp³-hybridized carbons (Fsp3) is 0.889. The Morgan fingerprint density at radius 1 is 0.750 bits per heavy atom. The maximum absolute atomic E-state index is 13.3. The van der Waals surface area contributed by atoms with Crippen LogP contribution >= 0.6 is 0 Å². The van der Waals surface area contributed by atoms with Gasteiger partial charge in [0.1, 0.15) is 25.9 Å². The van der Waals surface area contributed by atoms with Gasteiger partial charge in [-0.1, -0.05) is 72.5 Å². The van der Waals surface area contributed by atoms with Crippen molar-refractivity contribution in [2.24, 2.45) is 69.5 Å². The fourth-order valence-electron chi connectivity index (χ4n) is 15.4. The second-order valence-electron chi connectivity index (χ2n) is 23.2. The number of esters is 3. The lowest BCUT2D eigenvalue weighted by Gasteiger charge is -2.58. The lowest BCUT2D eigenvalue weighted by molar-refractivity contribution is -0.158. The van der Waals surface area contributed by atoms with Crippen LogP contribution in [0.3, 0.4) is 0 Å². The summed E-state index contributed by atoms with van der Waals surface area (Å²) in [6.45, 7) is 16.7. The van der Waals surface area contributed by atoms with Gasteiger partial charge in [0.15, 0.2) is 0 Å². The quantitative estimate of drug-likeness (QED) is 0.0425. The molecule has 8 atom stereocenters. The molecule has 0 aromatic carbocycles. The molecular formula is C54H87NO9. The molecule has 8 rings (SSSR count). The van der Waals surface area contributed by atoms with Gasteiger partial charge in [-0.2, -0.15) is 0 Å². The minimum atomic E-state index is -0.794. The van der Waals surface area contributed by atoms with Gasteiger partial charge < -0.3 is 28.6 Å². The number of carbonyl (C=O) groups excluding carboxylic acids is 4. The van der Waals surface area contributed by atoms with E-state index >= 15 is 0 Å².